The number of para-hydroxylation sites is 1. The van der Waals surface area contributed by atoms with Crippen LogP contribution in [0.1, 0.15) is 11.1 Å². The van der Waals surface area contributed by atoms with Crippen LogP contribution in [-0.2, 0) is 6.67 Å². The molecule has 0 fully saturated rings. The predicted octanol–water partition coefficient (Wildman–Crippen LogP) is 4.57. The van der Waals surface area contributed by atoms with Crippen molar-refractivity contribution in [2.45, 2.75) is 20.5 Å². The molecular formula is C18H19N3O2S. The normalized spacial score (nSPS) is 10.6. The Hall–Kier alpha value is -2.60. The van der Waals surface area contributed by atoms with Gasteiger partial charge in [-0.3, -0.25) is 0 Å². The van der Waals surface area contributed by atoms with Gasteiger partial charge in [-0.2, -0.15) is 0 Å². The van der Waals surface area contributed by atoms with E-state index in [1.807, 2.05) is 24.3 Å². The molecule has 6 heteroatoms. The predicted molar refractivity (Wildman–Crippen MR) is 96.9 cm³/mol. The van der Waals surface area contributed by atoms with E-state index in [9.17, 15) is 0 Å². The minimum Gasteiger partial charge on any atom is -0.496 e. The van der Waals surface area contributed by atoms with E-state index in [1.54, 1.807) is 11.8 Å². The summed E-state index contributed by atoms with van der Waals surface area (Å²) in [6.07, 6.45) is 0. The molecule has 24 heavy (non-hydrogen) atoms. The Bertz CT molecular complexity index is 915. The van der Waals surface area contributed by atoms with Gasteiger partial charge in [0, 0.05) is 5.69 Å². The molecule has 124 valence electrons. The molecule has 0 spiro atoms. The minimum atomic E-state index is 0.314. The van der Waals surface area contributed by atoms with Crippen LogP contribution in [-0.4, -0.2) is 16.9 Å². The monoisotopic (exact) mass is 341 g/mol. The number of ether oxygens (including phenoxy) is 1. The van der Waals surface area contributed by atoms with Crippen molar-refractivity contribution in [2.24, 2.45) is 0 Å². The van der Waals surface area contributed by atoms with Crippen LogP contribution < -0.4 is 10.1 Å². The lowest BCUT2D eigenvalue weighted by atomic mass is 10.1. The Morgan fingerprint density at radius 1 is 1.21 bits per heavy atom. The summed E-state index contributed by atoms with van der Waals surface area (Å²) in [6, 6.07) is 13.8. The number of nitrogens with one attached hydrogen (secondary N) is 1. The van der Waals surface area contributed by atoms with Crippen molar-refractivity contribution in [1.82, 2.24) is 9.78 Å². The van der Waals surface area contributed by atoms with E-state index in [1.165, 1.54) is 11.1 Å². The van der Waals surface area contributed by atoms with Crippen LogP contribution in [0.3, 0.4) is 0 Å². The second kappa shape index (κ2) is 6.88. The van der Waals surface area contributed by atoms with Crippen molar-refractivity contribution in [1.29, 1.82) is 0 Å². The van der Waals surface area contributed by atoms with Crippen molar-refractivity contribution >= 4 is 17.9 Å². The average Bonchev–Trinajstić information content (AvgIpc) is 2.96. The highest BCUT2D eigenvalue weighted by Gasteiger charge is 2.12. The third-order valence-corrected chi connectivity index (χ3v) is 4.05. The number of aromatic nitrogens is 2. The standard InChI is InChI=1S/C18H19N3O2S/c1-12-8-9-13(2)15(10-12)19-11-21-18(24)23-17(20-21)14-6-4-5-7-16(14)22-3/h4-10,19H,11H2,1-3H3. The smallest absolute Gasteiger partial charge is 0.289 e. The Morgan fingerprint density at radius 2 is 2.00 bits per heavy atom. The zero-order chi connectivity index (χ0) is 17.1. The van der Waals surface area contributed by atoms with Gasteiger partial charge in [0.15, 0.2) is 0 Å². The van der Waals surface area contributed by atoms with Crippen LogP contribution >= 0.6 is 12.2 Å². The summed E-state index contributed by atoms with van der Waals surface area (Å²) in [5, 5.41) is 7.81. The van der Waals surface area contributed by atoms with Crippen LogP contribution in [0.4, 0.5) is 5.69 Å². The first-order chi connectivity index (χ1) is 11.6. The number of rotatable bonds is 5. The Morgan fingerprint density at radius 3 is 2.79 bits per heavy atom. The van der Waals surface area contributed by atoms with Crippen molar-refractivity contribution in [3.8, 4) is 17.2 Å². The van der Waals surface area contributed by atoms with Gasteiger partial charge in [-0.15, -0.1) is 5.10 Å². The Balaban J connectivity index is 1.85. The van der Waals surface area contributed by atoms with E-state index in [4.69, 9.17) is 21.4 Å². The lowest BCUT2D eigenvalue weighted by Gasteiger charge is -2.09. The molecule has 5 nitrogen and oxygen atoms in total. The molecule has 0 saturated carbocycles. The fourth-order valence-corrected chi connectivity index (χ4v) is 2.61. The summed E-state index contributed by atoms with van der Waals surface area (Å²) in [4.78, 5) is 0.314. The summed E-state index contributed by atoms with van der Waals surface area (Å²) in [6.45, 7) is 4.55. The summed E-state index contributed by atoms with van der Waals surface area (Å²) < 4.78 is 12.6. The molecule has 1 aromatic heterocycles. The fraction of sp³-hybridized carbons (Fsp3) is 0.222. The van der Waals surface area contributed by atoms with Crippen molar-refractivity contribution < 1.29 is 9.15 Å². The number of hydrogen-bond acceptors (Lipinski definition) is 5. The molecule has 1 N–H and O–H groups in total. The molecule has 3 rings (SSSR count). The molecular weight excluding hydrogens is 322 g/mol. The van der Waals surface area contributed by atoms with Crippen LogP contribution in [0.25, 0.3) is 11.5 Å². The molecule has 0 amide bonds. The van der Waals surface area contributed by atoms with Gasteiger partial charge in [-0.25, -0.2) is 4.68 Å². The molecule has 2 aromatic carbocycles. The Labute approximate surface area is 145 Å². The van der Waals surface area contributed by atoms with E-state index < -0.39 is 0 Å². The van der Waals surface area contributed by atoms with E-state index >= 15 is 0 Å². The van der Waals surface area contributed by atoms with Crippen molar-refractivity contribution in [3.05, 3.63) is 58.4 Å². The van der Waals surface area contributed by atoms with Gasteiger partial charge in [0.1, 0.15) is 12.4 Å². The number of benzene rings is 2. The number of hydrogen-bond donors (Lipinski definition) is 1. The number of aryl methyl sites for hydroxylation is 2. The van der Waals surface area contributed by atoms with Gasteiger partial charge in [0.05, 0.1) is 12.7 Å². The van der Waals surface area contributed by atoms with E-state index in [0.717, 1.165) is 11.3 Å². The topological polar surface area (TPSA) is 52.2 Å². The number of nitrogens with zero attached hydrogens (tertiary/aromatic N) is 2. The van der Waals surface area contributed by atoms with Gasteiger partial charge >= 0.3 is 0 Å². The van der Waals surface area contributed by atoms with E-state index in [-0.39, 0.29) is 0 Å². The van der Waals surface area contributed by atoms with Crippen molar-refractivity contribution in [3.63, 3.8) is 0 Å². The number of anilines is 1. The maximum atomic E-state index is 5.63. The summed E-state index contributed by atoms with van der Waals surface area (Å²) in [7, 11) is 1.62. The van der Waals surface area contributed by atoms with Crippen LogP contribution in [0.5, 0.6) is 5.75 Å². The molecule has 3 aromatic rings. The third kappa shape index (κ3) is 3.33. The second-order valence-electron chi connectivity index (χ2n) is 5.53. The van der Waals surface area contributed by atoms with E-state index in [0.29, 0.717) is 23.1 Å². The van der Waals surface area contributed by atoms with Crippen LogP contribution in [0.2, 0.25) is 0 Å². The third-order valence-electron chi connectivity index (χ3n) is 3.76. The molecule has 0 unspecified atom stereocenters. The molecule has 0 aliphatic heterocycles. The van der Waals surface area contributed by atoms with Crippen LogP contribution in [0, 0.1) is 18.7 Å². The molecule has 0 bridgehead atoms. The second-order valence-corrected chi connectivity index (χ2v) is 5.88. The average molecular weight is 341 g/mol. The van der Waals surface area contributed by atoms with Gasteiger partial charge in [-0.1, -0.05) is 24.3 Å². The van der Waals surface area contributed by atoms with Crippen LogP contribution in [0.15, 0.2) is 46.9 Å². The molecule has 1 heterocycles. The van der Waals surface area contributed by atoms with Gasteiger partial charge in [0.2, 0.25) is 0 Å². The maximum absolute atomic E-state index is 5.63. The van der Waals surface area contributed by atoms with Gasteiger partial charge < -0.3 is 14.5 Å². The lowest BCUT2D eigenvalue weighted by molar-refractivity contribution is 0.414. The SMILES string of the molecule is COc1ccccc1-c1nn(CNc2cc(C)ccc2C)c(=S)o1. The van der Waals surface area contributed by atoms with Gasteiger partial charge in [-0.05, 0) is 55.4 Å². The molecule has 0 aliphatic rings. The minimum absolute atomic E-state index is 0.314. The highest BCUT2D eigenvalue weighted by molar-refractivity contribution is 7.71. The lowest BCUT2D eigenvalue weighted by Crippen LogP contribution is -2.10. The fourth-order valence-electron chi connectivity index (χ4n) is 2.42. The summed E-state index contributed by atoms with van der Waals surface area (Å²) in [5.74, 6) is 1.14. The number of methoxy groups -OCH3 is 1. The highest BCUT2D eigenvalue weighted by atomic mass is 32.1. The molecule has 0 radical (unpaired) electrons. The summed E-state index contributed by atoms with van der Waals surface area (Å²) in [5.41, 5.74) is 4.19. The molecule has 0 atom stereocenters. The Kier molecular flexibility index (Phi) is 4.66. The first-order valence-electron chi connectivity index (χ1n) is 7.61. The van der Waals surface area contributed by atoms with Crippen molar-refractivity contribution in [2.75, 3.05) is 12.4 Å². The zero-order valence-electron chi connectivity index (χ0n) is 13.9. The zero-order valence-corrected chi connectivity index (χ0v) is 14.7. The molecule has 0 saturated heterocycles. The first-order valence-corrected chi connectivity index (χ1v) is 8.02. The largest absolute Gasteiger partial charge is 0.496 e. The summed E-state index contributed by atoms with van der Waals surface area (Å²) >= 11 is 5.28. The quantitative estimate of drug-likeness (QED) is 0.689. The van der Waals surface area contributed by atoms with E-state index in [2.05, 4.69) is 42.5 Å². The highest BCUT2D eigenvalue weighted by Crippen LogP contribution is 2.28. The first kappa shape index (κ1) is 16.3. The van der Waals surface area contributed by atoms with Gasteiger partial charge in [0.25, 0.3) is 10.7 Å². The maximum Gasteiger partial charge on any atom is 0.289 e. The molecule has 0 aliphatic carbocycles.